The minimum Gasteiger partial charge on any atom is -0.467 e. The van der Waals surface area contributed by atoms with Crippen LogP contribution in [-0.4, -0.2) is 37.0 Å². The largest absolute Gasteiger partial charge is 0.467 e. The molecule has 0 aliphatic heterocycles. The first kappa shape index (κ1) is 21.1. The summed E-state index contributed by atoms with van der Waals surface area (Å²) in [5.74, 6) is -2.11. The van der Waals surface area contributed by atoms with E-state index in [0.717, 1.165) is 5.56 Å². The lowest BCUT2D eigenvalue weighted by Crippen LogP contribution is -2.53. The lowest BCUT2D eigenvalue weighted by molar-refractivity contribution is -0.145. The van der Waals surface area contributed by atoms with Gasteiger partial charge in [-0.05, 0) is 17.2 Å². The van der Waals surface area contributed by atoms with Crippen molar-refractivity contribution in [3.05, 3.63) is 71.5 Å². The van der Waals surface area contributed by atoms with Crippen molar-refractivity contribution in [1.82, 2.24) is 10.6 Å². The van der Waals surface area contributed by atoms with E-state index in [1.807, 2.05) is 30.3 Å². The highest BCUT2D eigenvalue weighted by atomic mass is 19.1. The lowest BCUT2D eigenvalue weighted by Gasteiger charge is -2.22. The summed E-state index contributed by atoms with van der Waals surface area (Å²) in [5.41, 5.74) is 1.12. The smallest absolute Gasteiger partial charge is 0.328 e. The van der Waals surface area contributed by atoms with Gasteiger partial charge >= 0.3 is 5.97 Å². The van der Waals surface area contributed by atoms with Crippen LogP contribution in [0, 0.1) is 5.82 Å². The molecule has 0 aliphatic rings. The molecule has 7 heteroatoms. The number of methoxy groups -OCH3 is 1. The van der Waals surface area contributed by atoms with Crippen molar-refractivity contribution in [3.63, 3.8) is 0 Å². The van der Waals surface area contributed by atoms with Crippen LogP contribution in [0.15, 0.2) is 54.6 Å². The molecule has 2 atom stereocenters. The third kappa shape index (κ3) is 6.19. The van der Waals surface area contributed by atoms with Gasteiger partial charge in [0.1, 0.15) is 17.9 Å². The minimum atomic E-state index is -1.03. The second-order valence-corrected chi connectivity index (χ2v) is 6.32. The highest BCUT2D eigenvalue weighted by Gasteiger charge is 2.27. The predicted octanol–water partition coefficient (Wildman–Crippen LogP) is 1.77. The van der Waals surface area contributed by atoms with Crippen molar-refractivity contribution in [2.24, 2.45) is 0 Å². The summed E-state index contributed by atoms with van der Waals surface area (Å²) < 4.78 is 18.7. The molecule has 2 N–H and O–H groups in total. The number of halogens is 1. The maximum absolute atomic E-state index is 14.0. The Bertz CT molecular complexity index is 826. The Morgan fingerprint density at radius 1 is 0.929 bits per heavy atom. The summed E-state index contributed by atoms with van der Waals surface area (Å²) in [6.45, 7) is 1.27. The number of nitrogens with one attached hydrogen (secondary N) is 2. The molecule has 0 spiro atoms. The van der Waals surface area contributed by atoms with Gasteiger partial charge in [-0.15, -0.1) is 0 Å². The molecule has 2 aromatic rings. The fourth-order valence-corrected chi connectivity index (χ4v) is 2.80. The summed E-state index contributed by atoms with van der Waals surface area (Å²) in [6, 6.07) is 13.2. The van der Waals surface area contributed by atoms with Crippen LogP contribution in [0.5, 0.6) is 0 Å². The van der Waals surface area contributed by atoms with E-state index in [9.17, 15) is 18.8 Å². The second-order valence-electron chi connectivity index (χ2n) is 6.32. The van der Waals surface area contributed by atoms with Gasteiger partial charge in [0.25, 0.3) is 0 Å². The molecule has 28 heavy (non-hydrogen) atoms. The Kier molecular flexibility index (Phi) is 7.68. The lowest BCUT2D eigenvalue weighted by atomic mass is 10.0. The normalized spacial score (nSPS) is 12.5. The zero-order chi connectivity index (χ0) is 20.5. The Labute approximate surface area is 163 Å². The predicted molar refractivity (Wildman–Crippen MR) is 102 cm³/mol. The molecule has 2 amide bonds. The van der Waals surface area contributed by atoms with Crippen LogP contribution in [0.1, 0.15) is 18.1 Å². The molecule has 0 radical (unpaired) electrons. The van der Waals surface area contributed by atoms with Gasteiger partial charge in [0.05, 0.1) is 7.11 Å². The zero-order valence-electron chi connectivity index (χ0n) is 15.8. The molecule has 148 valence electrons. The summed E-state index contributed by atoms with van der Waals surface area (Å²) in [7, 11) is 1.23. The Balaban J connectivity index is 2.17. The van der Waals surface area contributed by atoms with Gasteiger partial charge in [0.2, 0.25) is 11.8 Å². The van der Waals surface area contributed by atoms with E-state index < -0.39 is 35.7 Å². The van der Waals surface area contributed by atoms with Gasteiger partial charge in [-0.1, -0.05) is 48.5 Å². The van der Waals surface area contributed by atoms with E-state index in [-0.39, 0.29) is 18.4 Å². The van der Waals surface area contributed by atoms with Crippen molar-refractivity contribution in [1.29, 1.82) is 0 Å². The third-order valence-corrected chi connectivity index (χ3v) is 4.16. The average molecular weight is 386 g/mol. The molecule has 0 bridgehead atoms. The van der Waals surface area contributed by atoms with Crippen LogP contribution in [0.4, 0.5) is 4.39 Å². The second kappa shape index (κ2) is 10.2. The first-order valence-electron chi connectivity index (χ1n) is 8.83. The van der Waals surface area contributed by atoms with Gasteiger partial charge in [0.15, 0.2) is 0 Å². The van der Waals surface area contributed by atoms with E-state index in [1.165, 1.54) is 20.1 Å². The Morgan fingerprint density at radius 2 is 1.57 bits per heavy atom. The first-order chi connectivity index (χ1) is 13.4. The summed E-state index contributed by atoms with van der Waals surface area (Å²) >= 11 is 0. The number of hydrogen-bond donors (Lipinski definition) is 2. The number of hydrogen-bond acceptors (Lipinski definition) is 4. The van der Waals surface area contributed by atoms with Crippen molar-refractivity contribution in [3.8, 4) is 0 Å². The Hall–Kier alpha value is -3.22. The van der Waals surface area contributed by atoms with E-state index in [1.54, 1.807) is 18.2 Å². The maximum Gasteiger partial charge on any atom is 0.328 e. The molecule has 0 aliphatic carbocycles. The summed E-state index contributed by atoms with van der Waals surface area (Å²) in [5, 5.41) is 5.12. The quantitative estimate of drug-likeness (QED) is 0.678. The molecular weight excluding hydrogens is 363 g/mol. The number of rotatable bonds is 8. The van der Waals surface area contributed by atoms with Crippen LogP contribution < -0.4 is 10.6 Å². The Morgan fingerprint density at radius 3 is 2.18 bits per heavy atom. The molecule has 0 fully saturated rings. The molecule has 0 unspecified atom stereocenters. The molecule has 0 heterocycles. The molecule has 2 aromatic carbocycles. The van der Waals surface area contributed by atoms with Crippen molar-refractivity contribution in [2.45, 2.75) is 31.8 Å². The number of carbonyl (C=O) groups excluding carboxylic acids is 3. The third-order valence-electron chi connectivity index (χ3n) is 4.16. The van der Waals surface area contributed by atoms with E-state index >= 15 is 0 Å². The van der Waals surface area contributed by atoms with Gasteiger partial charge in [-0.3, -0.25) is 9.59 Å². The zero-order valence-corrected chi connectivity index (χ0v) is 15.8. The van der Waals surface area contributed by atoms with Gasteiger partial charge < -0.3 is 15.4 Å². The molecule has 0 saturated heterocycles. The fourth-order valence-electron chi connectivity index (χ4n) is 2.80. The minimum absolute atomic E-state index is 0.0443. The number of amides is 2. The van der Waals surface area contributed by atoms with Crippen LogP contribution in [0.3, 0.4) is 0 Å². The van der Waals surface area contributed by atoms with E-state index in [4.69, 9.17) is 4.74 Å². The van der Waals surface area contributed by atoms with Gasteiger partial charge in [-0.2, -0.15) is 0 Å². The molecule has 6 nitrogen and oxygen atoms in total. The SMILES string of the molecule is COC(=O)[C@@H](Cc1ccccc1)NC(=O)[C@H](Cc1ccccc1F)NC(C)=O. The molecular formula is C21H23FN2O4. The van der Waals surface area contributed by atoms with Crippen LogP contribution in [-0.2, 0) is 32.0 Å². The monoisotopic (exact) mass is 386 g/mol. The summed E-state index contributed by atoms with van der Waals surface area (Å²) in [6.07, 6.45) is 0.184. The number of ether oxygens (including phenoxy) is 1. The summed E-state index contributed by atoms with van der Waals surface area (Å²) in [4.78, 5) is 36.4. The van der Waals surface area contributed by atoms with Crippen molar-refractivity contribution >= 4 is 17.8 Å². The van der Waals surface area contributed by atoms with Gasteiger partial charge in [0, 0.05) is 19.8 Å². The molecule has 2 rings (SSSR count). The van der Waals surface area contributed by atoms with Gasteiger partial charge in [-0.25, -0.2) is 9.18 Å². The van der Waals surface area contributed by atoms with Crippen molar-refractivity contribution in [2.75, 3.05) is 7.11 Å². The maximum atomic E-state index is 14.0. The van der Waals surface area contributed by atoms with Crippen LogP contribution in [0.25, 0.3) is 0 Å². The van der Waals surface area contributed by atoms with E-state index in [2.05, 4.69) is 10.6 Å². The number of esters is 1. The average Bonchev–Trinajstić information content (AvgIpc) is 2.68. The fraction of sp³-hybridized carbons (Fsp3) is 0.286. The number of benzene rings is 2. The highest BCUT2D eigenvalue weighted by molar-refractivity contribution is 5.90. The standard InChI is InChI=1S/C21H23FN2O4/c1-14(25)23-18(13-16-10-6-7-11-17(16)22)20(26)24-19(21(27)28-2)12-15-8-4-3-5-9-15/h3-11,18-19H,12-13H2,1-2H3,(H,23,25)(H,24,26)/t18-,19+/m0/s1. The first-order valence-corrected chi connectivity index (χ1v) is 8.83. The number of carbonyl (C=O) groups is 3. The van der Waals surface area contributed by atoms with Crippen LogP contribution >= 0.6 is 0 Å². The van der Waals surface area contributed by atoms with Crippen molar-refractivity contribution < 1.29 is 23.5 Å². The molecule has 0 saturated carbocycles. The topological polar surface area (TPSA) is 84.5 Å². The van der Waals surface area contributed by atoms with Crippen LogP contribution in [0.2, 0.25) is 0 Å². The highest BCUT2D eigenvalue weighted by Crippen LogP contribution is 2.11. The molecule has 0 aromatic heterocycles. The van der Waals surface area contributed by atoms with E-state index in [0.29, 0.717) is 0 Å².